The summed E-state index contributed by atoms with van der Waals surface area (Å²) in [6, 6.07) is 16.1. The Morgan fingerprint density at radius 3 is 2.45 bits per heavy atom. The quantitative estimate of drug-likeness (QED) is 0.160. The van der Waals surface area contributed by atoms with Crippen LogP contribution < -0.4 is 0 Å². The van der Waals surface area contributed by atoms with Gasteiger partial charge in [0.25, 0.3) is 0 Å². The third kappa shape index (κ3) is 6.73. The van der Waals surface area contributed by atoms with Crippen LogP contribution in [-0.4, -0.2) is 73.6 Å². The molecule has 2 aromatic heterocycles. The molecule has 2 saturated carbocycles. The van der Waals surface area contributed by atoms with Gasteiger partial charge >= 0.3 is 6.09 Å². The number of piperazine rings is 1. The Bertz CT molecular complexity index is 2240. The second-order valence-electron chi connectivity index (χ2n) is 18.7. The number of H-pyrrole nitrogens is 1. The number of carbonyl (C=O) groups excluding carboxylic acids is 1. The van der Waals surface area contributed by atoms with Crippen LogP contribution in [0.2, 0.25) is 0 Å². The molecule has 9 rings (SSSR count). The first-order valence-electron chi connectivity index (χ1n) is 21.6. The number of aromatic hydroxyl groups is 2. The van der Waals surface area contributed by atoms with E-state index in [4.69, 9.17) is 4.74 Å². The summed E-state index contributed by atoms with van der Waals surface area (Å²) in [5.74, 6) is 2.25. The Morgan fingerprint density at radius 2 is 1.71 bits per heavy atom. The summed E-state index contributed by atoms with van der Waals surface area (Å²) in [5.41, 5.74) is 10.8. The number of amides is 1. The predicted octanol–water partition coefficient (Wildman–Crippen LogP) is 10.3. The molecule has 3 fully saturated rings. The first-order valence-corrected chi connectivity index (χ1v) is 21.6. The lowest BCUT2D eigenvalue weighted by Crippen LogP contribution is -2.51. The van der Waals surface area contributed by atoms with Gasteiger partial charge in [0, 0.05) is 74.4 Å². The minimum absolute atomic E-state index is 0.000896. The fourth-order valence-corrected chi connectivity index (χ4v) is 11.8. The zero-order valence-corrected chi connectivity index (χ0v) is 34.8. The molecule has 2 aromatic carbocycles. The van der Waals surface area contributed by atoms with Crippen LogP contribution in [0.25, 0.3) is 28.0 Å². The smallest absolute Gasteiger partial charge is 0.410 e. The standard InChI is InChI=1S/C49H59N5O4/c1-30(2)38-26-39(44(56)27-43(38)55)46-45(31(3)51-52-46)33-10-8-32(9-11-33)29-53-21-23-54(24-22-53)47(57)58-36-16-18-48(4)35(25-36)12-13-37-41-15-14-40(34-7-6-20-50-28-34)49(41,5)19-17-42(37)48/h6-12,14,20,26-28,30,36-37,41-42,55-56H,13,15-19,21-25,29H2,1-5H3,(H,51,52)/t36-,37-,41-,42-,48-,49+/m0/s1. The van der Waals surface area contributed by atoms with Crippen LogP contribution in [0.1, 0.15) is 101 Å². The number of phenols is 2. The van der Waals surface area contributed by atoms with Crippen molar-refractivity contribution in [2.24, 2.45) is 28.6 Å². The summed E-state index contributed by atoms with van der Waals surface area (Å²) in [5, 5.41) is 28.8. The molecule has 1 saturated heterocycles. The number of rotatable bonds is 7. The Hall–Kier alpha value is -4.89. The zero-order valence-electron chi connectivity index (χ0n) is 34.8. The molecule has 0 bridgehead atoms. The molecule has 3 heterocycles. The van der Waals surface area contributed by atoms with Gasteiger partial charge in [0.1, 0.15) is 23.3 Å². The molecule has 4 aliphatic carbocycles. The second kappa shape index (κ2) is 15.0. The summed E-state index contributed by atoms with van der Waals surface area (Å²) in [6.07, 6.45) is 16.5. The first kappa shape index (κ1) is 38.6. The van der Waals surface area contributed by atoms with Crippen LogP contribution >= 0.6 is 0 Å². The molecule has 5 aliphatic rings. The Labute approximate surface area is 343 Å². The van der Waals surface area contributed by atoms with Gasteiger partial charge in [0.05, 0.1) is 0 Å². The van der Waals surface area contributed by atoms with E-state index < -0.39 is 0 Å². The van der Waals surface area contributed by atoms with Crippen molar-refractivity contribution in [3.05, 3.63) is 101 Å². The first-order chi connectivity index (χ1) is 27.9. The van der Waals surface area contributed by atoms with E-state index in [1.54, 1.807) is 0 Å². The van der Waals surface area contributed by atoms with Gasteiger partial charge in [-0.3, -0.25) is 15.0 Å². The van der Waals surface area contributed by atoms with Crippen molar-refractivity contribution in [2.45, 2.75) is 98.1 Å². The number of aromatic nitrogens is 3. The normalized spacial score (nSPS) is 28.3. The number of benzene rings is 2. The molecule has 1 aliphatic heterocycles. The number of allylic oxidation sites excluding steroid dienone is 3. The zero-order chi connectivity index (χ0) is 40.3. The van der Waals surface area contributed by atoms with Crippen molar-refractivity contribution >= 4 is 11.7 Å². The molecular formula is C49H59N5O4. The molecule has 3 N–H and O–H groups in total. The molecule has 0 unspecified atom stereocenters. The van der Waals surface area contributed by atoms with E-state index in [1.165, 1.54) is 47.6 Å². The van der Waals surface area contributed by atoms with Crippen LogP contribution in [0, 0.1) is 35.5 Å². The predicted molar refractivity (Wildman–Crippen MR) is 228 cm³/mol. The molecule has 9 nitrogen and oxygen atoms in total. The molecule has 0 radical (unpaired) electrons. The number of fused-ring (bicyclic) bond motifs is 5. The average molecular weight is 782 g/mol. The van der Waals surface area contributed by atoms with Gasteiger partial charge in [-0.15, -0.1) is 0 Å². The van der Waals surface area contributed by atoms with Gasteiger partial charge in [-0.25, -0.2) is 4.79 Å². The molecule has 9 heteroatoms. The molecular weight excluding hydrogens is 723 g/mol. The van der Waals surface area contributed by atoms with Crippen LogP contribution in [0.5, 0.6) is 11.5 Å². The molecule has 304 valence electrons. The maximum absolute atomic E-state index is 13.5. The fraction of sp³-hybridized carbons (Fsp3) is 0.490. The third-order valence-corrected chi connectivity index (χ3v) is 15.1. The molecule has 58 heavy (non-hydrogen) atoms. The monoisotopic (exact) mass is 781 g/mol. The van der Waals surface area contributed by atoms with E-state index in [9.17, 15) is 15.0 Å². The number of phenolic OH excluding ortho intramolecular Hbond substituents is 2. The highest BCUT2D eigenvalue weighted by molar-refractivity contribution is 5.85. The summed E-state index contributed by atoms with van der Waals surface area (Å²) in [7, 11) is 0. The topological polar surface area (TPSA) is 115 Å². The molecule has 0 spiro atoms. The molecule has 1 amide bonds. The van der Waals surface area contributed by atoms with E-state index in [0.717, 1.165) is 67.7 Å². The maximum atomic E-state index is 13.5. The van der Waals surface area contributed by atoms with E-state index in [0.29, 0.717) is 42.1 Å². The molecule has 6 atom stereocenters. The van der Waals surface area contributed by atoms with Gasteiger partial charge in [0.15, 0.2) is 0 Å². The van der Waals surface area contributed by atoms with Crippen molar-refractivity contribution in [1.82, 2.24) is 25.0 Å². The summed E-state index contributed by atoms with van der Waals surface area (Å²) < 4.78 is 6.27. The SMILES string of the molecule is Cc1[nH]nc(-c2cc(C(C)C)c(O)cc2O)c1-c1ccc(CN2CCN(C(=O)O[C@H]3CC[C@@]4(C)C(=CC[C@@H]5[C@@H]4CC[C@]4(C)C(c6cccnc6)=CC[C@@H]54)C3)CC2)cc1. The van der Waals surface area contributed by atoms with Gasteiger partial charge in [0.2, 0.25) is 0 Å². The van der Waals surface area contributed by atoms with Gasteiger partial charge in [-0.1, -0.05) is 75.8 Å². The number of aromatic amines is 1. The summed E-state index contributed by atoms with van der Waals surface area (Å²) in [6.45, 7) is 14.8. The number of hydrogen-bond acceptors (Lipinski definition) is 7. The molecule has 4 aromatic rings. The van der Waals surface area contributed by atoms with Crippen molar-refractivity contribution < 1.29 is 19.7 Å². The van der Waals surface area contributed by atoms with Gasteiger partial charge in [-0.2, -0.15) is 5.10 Å². The lowest BCUT2D eigenvalue weighted by molar-refractivity contribution is -0.0307. The minimum atomic E-state index is -0.160. The minimum Gasteiger partial charge on any atom is -0.508 e. The lowest BCUT2D eigenvalue weighted by atomic mass is 9.47. The van der Waals surface area contributed by atoms with Crippen molar-refractivity contribution in [3.8, 4) is 33.9 Å². The number of ether oxygens (including phenoxy) is 1. The Morgan fingerprint density at radius 1 is 0.931 bits per heavy atom. The van der Waals surface area contributed by atoms with E-state index in [1.807, 2.05) is 44.1 Å². The highest BCUT2D eigenvalue weighted by atomic mass is 16.6. The second-order valence-corrected chi connectivity index (χ2v) is 18.7. The fourth-order valence-electron chi connectivity index (χ4n) is 11.8. The van der Waals surface area contributed by atoms with Crippen molar-refractivity contribution in [2.75, 3.05) is 26.2 Å². The Kier molecular flexibility index (Phi) is 10.0. The lowest BCUT2D eigenvalue weighted by Gasteiger charge is -2.58. The summed E-state index contributed by atoms with van der Waals surface area (Å²) >= 11 is 0. The third-order valence-electron chi connectivity index (χ3n) is 15.1. The number of nitrogens with one attached hydrogen (secondary N) is 1. The number of nitrogens with zero attached hydrogens (tertiary/aromatic N) is 4. The van der Waals surface area contributed by atoms with E-state index in [-0.39, 0.29) is 40.4 Å². The van der Waals surface area contributed by atoms with Crippen LogP contribution in [-0.2, 0) is 11.3 Å². The van der Waals surface area contributed by atoms with Crippen LogP contribution in [0.3, 0.4) is 0 Å². The highest BCUT2D eigenvalue weighted by Gasteiger charge is 2.57. The van der Waals surface area contributed by atoms with Crippen LogP contribution in [0.4, 0.5) is 4.79 Å². The van der Waals surface area contributed by atoms with Gasteiger partial charge < -0.3 is 19.8 Å². The summed E-state index contributed by atoms with van der Waals surface area (Å²) in [4.78, 5) is 22.3. The average Bonchev–Trinajstić information content (AvgIpc) is 3.78. The largest absolute Gasteiger partial charge is 0.508 e. The number of carbonyl (C=O) groups is 1. The Balaban J connectivity index is 0.784. The van der Waals surface area contributed by atoms with E-state index in [2.05, 4.69) is 82.5 Å². The number of pyridine rings is 1. The van der Waals surface area contributed by atoms with Gasteiger partial charge in [-0.05, 0) is 120 Å². The van der Waals surface area contributed by atoms with Crippen molar-refractivity contribution in [1.29, 1.82) is 0 Å². The van der Waals surface area contributed by atoms with Crippen molar-refractivity contribution in [3.63, 3.8) is 0 Å². The van der Waals surface area contributed by atoms with E-state index >= 15 is 0 Å². The van der Waals surface area contributed by atoms with Crippen LogP contribution in [0.15, 0.2) is 78.6 Å². The highest BCUT2D eigenvalue weighted by Crippen LogP contribution is 2.66. The number of hydrogen-bond donors (Lipinski definition) is 3. The number of aryl methyl sites for hydroxylation is 1. The maximum Gasteiger partial charge on any atom is 0.410 e.